The van der Waals surface area contributed by atoms with Gasteiger partial charge in [-0.15, -0.1) is 0 Å². The molecule has 0 aromatic heterocycles. The highest BCUT2D eigenvalue weighted by molar-refractivity contribution is 6.09. The summed E-state index contributed by atoms with van der Waals surface area (Å²) < 4.78 is 5.10. The van der Waals surface area contributed by atoms with E-state index in [0.29, 0.717) is 22.6 Å². The van der Waals surface area contributed by atoms with E-state index in [-0.39, 0.29) is 11.8 Å². The topological polar surface area (TPSA) is 87.7 Å². The Kier molecular flexibility index (Phi) is 7.06. The summed E-state index contributed by atoms with van der Waals surface area (Å²) in [5, 5.41) is 5.54. The van der Waals surface area contributed by atoms with E-state index in [1.165, 1.54) is 0 Å². The summed E-state index contributed by atoms with van der Waals surface area (Å²) in [5.74, 6) is -0.171. The minimum atomic E-state index is -0.638. The second-order valence-corrected chi connectivity index (χ2v) is 7.31. The third kappa shape index (κ3) is 5.17. The fourth-order valence-corrected chi connectivity index (χ4v) is 3.45. The first-order chi connectivity index (χ1) is 14.5. The maximum absolute atomic E-state index is 12.8. The van der Waals surface area contributed by atoms with Crippen molar-refractivity contribution in [3.05, 3.63) is 59.7 Å². The van der Waals surface area contributed by atoms with Crippen LogP contribution in [0.1, 0.15) is 46.9 Å². The molecule has 0 bridgehead atoms. The van der Waals surface area contributed by atoms with Gasteiger partial charge in [0.05, 0.1) is 18.4 Å². The lowest BCUT2D eigenvalue weighted by molar-refractivity contribution is -0.133. The molecular formula is C23H27N3O4. The van der Waals surface area contributed by atoms with Crippen molar-refractivity contribution in [3.8, 4) is 5.75 Å². The third-order valence-electron chi connectivity index (χ3n) is 5.16. The van der Waals surface area contributed by atoms with Crippen molar-refractivity contribution in [1.29, 1.82) is 0 Å². The third-order valence-corrected chi connectivity index (χ3v) is 5.16. The molecular weight excluding hydrogens is 382 g/mol. The van der Waals surface area contributed by atoms with E-state index in [4.69, 9.17) is 4.74 Å². The number of carbonyl (C=O) groups excluding carboxylic acids is 3. The standard InChI is InChI=1S/C23H27N3O4/c1-16(23(29)26-14-6-3-7-15-26)24-22(28)19-8-4-5-9-20(19)25-21(27)17-10-12-18(30-2)13-11-17/h4-5,8-13,16H,3,6-7,14-15H2,1-2H3,(H,24,28)(H,25,27)/t16-/m1/s1. The summed E-state index contributed by atoms with van der Waals surface area (Å²) in [4.78, 5) is 39.8. The van der Waals surface area contributed by atoms with Crippen LogP contribution in [-0.4, -0.2) is 48.9 Å². The van der Waals surface area contributed by atoms with Gasteiger partial charge in [-0.05, 0) is 62.6 Å². The summed E-state index contributed by atoms with van der Waals surface area (Å²) in [7, 11) is 1.56. The van der Waals surface area contributed by atoms with E-state index in [1.54, 1.807) is 67.5 Å². The van der Waals surface area contributed by atoms with Crippen LogP contribution in [0.3, 0.4) is 0 Å². The molecule has 1 saturated heterocycles. The van der Waals surface area contributed by atoms with E-state index < -0.39 is 11.9 Å². The zero-order valence-electron chi connectivity index (χ0n) is 17.3. The highest BCUT2D eigenvalue weighted by Gasteiger charge is 2.24. The van der Waals surface area contributed by atoms with Crippen LogP contribution < -0.4 is 15.4 Å². The van der Waals surface area contributed by atoms with E-state index in [1.807, 2.05) is 0 Å². The average Bonchev–Trinajstić information content (AvgIpc) is 2.79. The Morgan fingerprint density at radius 3 is 2.27 bits per heavy atom. The van der Waals surface area contributed by atoms with Crippen LogP contribution >= 0.6 is 0 Å². The van der Waals surface area contributed by atoms with Gasteiger partial charge in [-0.25, -0.2) is 0 Å². The summed E-state index contributed by atoms with van der Waals surface area (Å²) in [6.45, 7) is 3.15. The summed E-state index contributed by atoms with van der Waals surface area (Å²) in [5.41, 5.74) is 1.13. The Bertz CT molecular complexity index is 905. The van der Waals surface area contributed by atoms with E-state index in [0.717, 1.165) is 32.4 Å². The predicted molar refractivity (Wildman–Crippen MR) is 115 cm³/mol. The van der Waals surface area contributed by atoms with Gasteiger partial charge in [-0.2, -0.15) is 0 Å². The molecule has 0 unspecified atom stereocenters. The molecule has 0 spiro atoms. The lowest BCUT2D eigenvalue weighted by atomic mass is 10.1. The Morgan fingerprint density at radius 1 is 0.933 bits per heavy atom. The maximum Gasteiger partial charge on any atom is 0.255 e. The van der Waals surface area contributed by atoms with Gasteiger partial charge < -0.3 is 20.3 Å². The van der Waals surface area contributed by atoms with E-state index in [2.05, 4.69) is 10.6 Å². The molecule has 30 heavy (non-hydrogen) atoms. The molecule has 3 rings (SSSR count). The van der Waals surface area contributed by atoms with Crippen molar-refractivity contribution in [2.75, 3.05) is 25.5 Å². The molecule has 7 nitrogen and oxygen atoms in total. The lowest BCUT2D eigenvalue weighted by Crippen LogP contribution is -2.48. The second-order valence-electron chi connectivity index (χ2n) is 7.31. The van der Waals surface area contributed by atoms with Gasteiger partial charge in [-0.3, -0.25) is 14.4 Å². The molecule has 3 amide bonds. The van der Waals surface area contributed by atoms with Gasteiger partial charge in [0.25, 0.3) is 11.8 Å². The Hall–Kier alpha value is -3.35. The number of hydrogen-bond donors (Lipinski definition) is 2. The van der Waals surface area contributed by atoms with Gasteiger partial charge in [0.15, 0.2) is 0 Å². The number of rotatable bonds is 6. The minimum absolute atomic E-state index is 0.0807. The van der Waals surface area contributed by atoms with Crippen LogP contribution in [0.2, 0.25) is 0 Å². The number of carbonyl (C=O) groups is 3. The van der Waals surface area contributed by atoms with Crippen molar-refractivity contribution in [1.82, 2.24) is 10.2 Å². The fraction of sp³-hybridized carbons (Fsp3) is 0.348. The van der Waals surface area contributed by atoms with Crippen molar-refractivity contribution in [2.45, 2.75) is 32.2 Å². The maximum atomic E-state index is 12.8. The number of para-hydroxylation sites is 1. The lowest BCUT2D eigenvalue weighted by Gasteiger charge is -2.29. The quantitative estimate of drug-likeness (QED) is 0.768. The molecule has 1 heterocycles. The molecule has 158 valence electrons. The Labute approximate surface area is 176 Å². The Morgan fingerprint density at radius 2 is 1.60 bits per heavy atom. The molecule has 1 aliphatic rings. The molecule has 0 aliphatic carbocycles. The molecule has 2 N–H and O–H groups in total. The van der Waals surface area contributed by atoms with Crippen LogP contribution in [0, 0.1) is 0 Å². The molecule has 2 aromatic rings. The molecule has 2 aromatic carbocycles. The molecule has 0 radical (unpaired) electrons. The minimum Gasteiger partial charge on any atom is -0.497 e. The molecule has 7 heteroatoms. The fourth-order valence-electron chi connectivity index (χ4n) is 3.45. The van der Waals surface area contributed by atoms with Crippen molar-refractivity contribution in [3.63, 3.8) is 0 Å². The van der Waals surface area contributed by atoms with Crippen LogP contribution in [0.15, 0.2) is 48.5 Å². The number of nitrogens with zero attached hydrogens (tertiary/aromatic N) is 1. The van der Waals surface area contributed by atoms with Crippen LogP contribution in [-0.2, 0) is 4.79 Å². The van der Waals surface area contributed by atoms with Gasteiger partial charge in [0, 0.05) is 18.7 Å². The SMILES string of the molecule is COc1ccc(C(=O)Nc2ccccc2C(=O)N[C@H](C)C(=O)N2CCCCC2)cc1. The number of anilines is 1. The first-order valence-electron chi connectivity index (χ1n) is 10.1. The largest absolute Gasteiger partial charge is 0.497 e. The number of hydrogen-bond acceptors (Lipinski definition) is 4. The van der Waals surface area contributed by atoms with Crippen LogP contribution in [0.5, 0.6) is 5.75 Å². The number of benzene rings is 2. The number of piperidine rings is 1. The summed E-state index contributed by atoms with van der Waals surface area (Å²) in [6.07, 6.45) is 3.12. The number of ether oxygens (including phenoxy) is 1. The number of likely N-dealkylation sites (tertiary alicyclic amines) is 1. The van der Waals surface area contributed by atoms with Gasteiger partial charge in [0.1, 0.15) is 11.8 Å². The normalized spacial score (nSPS) is 14.5. The highest BCUT2D eigenvalue weighted by atomic mass is 16.5. The molecule has 1 atom stereocenters. The van der Waals surface area contributed by atoms with Gasteiger partial charge in [0.2, 0.25) is 5.91 Å². The van der Waals surface area contributed by atoms with E-state index in [9.17, 15) is 14.4 Å². The van der Waals surface area contributed by atoms with Crippen molar-refractivity contribution in [2.24, 2.45) is 0 Å². The smallest absolute Gasteiger partial charge is 0.255 e. The Balaban J connectivity index is 1.68. The predicted octanol–water partition coefficient (Wildman–Crippen LogP) is 3.08. The van der Waals surface area contributed by atoms with Gasteiger partial charge >= 0.3 is 0 Å². The van der Waals surface area contributed by atoms with Crippen molar-refractivity contribution >= 4 is 23.4 Å². The van der Waals surface area contributed by atoms with Crippen LogP contribution in [0.4, 0.5) is 5.69 Å². The molecule has 1 fully saturated rings. The zero-order valence-corrected chi connectivity index (χ0v) is 17.3. The number of amides is 3. The zero-order chi connectivity index (χ0) is 21.5. The molecule has 0 saturated carbocycles. The second kappa shape index (κ2) is 9.91. The number of methoxy groups -OCH3 is 1. The van der Waals surface area contributed by atoms with Crippen LogP contribution in [0.25, 0.3) is 0 Å². The summed E-state index contributed by atoms with van der Waals surface area (Å²) in [6, 6.07) is 12.8. The van der Waals surface area contributed by atoms with E-state index >= 15 is 0 Å². The monoisotopic (exact) mass is 409 g/mol. The van der Waals surface area contributed by atoms with Gasteiger partial charge in [-0.1, -0.05) is 12.1 Å². The highest BCUT2D eigenvalue weighted by Crippen LogP contribution is 2.18. The number of nitrogens with one attached hydrogen (secondary N) is 2. The summed E-state index contributed by atoms with van der Waals surface area (Å²) >= 11 is 0. The first kappa shape index (κ1) is 21.4. The first-order valence-corrected chi connectivity index (χ1v) is 10.1. The van der Waals surface area contributed by atoms with Crippen molar-refractivity contribution < 1.29 is 19.1 Å². The molecule has 1 aliphatic heterocycles. The average molecular weight is 409 g/mol.